The summed E-state index contributed by atoms with van der Waals surface area (Å²) < 4.78 is 24.9. The van der Waals surface area contributed by atoms with E-state index in [1.165, 1.54) is 0 Å². The van der Waals surface area contributed by atoms with E-state index in [9.17, 15) is 8.42 Å². The first-order valence-electron chi connectivity index (χ1n) is 2.70. The second-order valence-corrected chi connectivity index (χ2v) is 3.38. The van der Waals surface area contributed by atoms with E-state index in [-0.39, 0.29) is 6.61 Å². The Hall–Kier alpha value is -0.0900. The first-order chi connectivity index (χ1) is 4.06. The van der Waals surface area contributed by atoms with Crippen LogP contribution in [0.15, 0.2) is 0 Å². The van der Waals surface area contributed by atoms with Crippen LogP contribution in [0, 0.1) is 6.92 Å². The van der Waals surface area contributed by atoms with Gasteiger partial charge in [0.05, 0.1) is 12.9 Å². The molecule has 0 N–H and O–H groups in total. The SMILES string of the molecule is [CH2]CCCOS(C)(=O)=O. The van der Waals surface area contributed by atoms with Crippen LogP contribution < -0.4 is 0 Å². The van der Waals surface area contributed by atoms with E-state index in [0.29, 0.717) is 12.8 Å². The Morgan fingerprint density at radius 2 is 2.11 bits per heavy atom. The van der Waals surface area contributed by atoms with Crippen molar-refractivity contribution in [3.63, 3.8) is 0 Å². The average molecular weight is 151 g/mol. The molecule has 0 aromatic heterocycles. The van der Waals surface area contributed by atoms with Crippen LogP contribution in [0.1, 0.15) is 12.8 Å². The average Bonchev–Trinajstić information content (AvgIpc) is 1.63. The molecule has 0 aliphatic carbocycles. The van der Waals surface area contributed by atoms with Gasteiger partial charge in [0.15, 0.2) is 0 Å². The van der Waals surface area contributed by atoms with Crippen molar-refractivity contribution in [2.24, 2.45) is 0 Å². The Balaban J connectivity index is 3.30. The Morgan fingerprint density at radius 3 is 2.44 bits per heavy atom. The molecule has 9 heavy (non-hydrogen) atoms. The van der Waals surface area contributed by atoms with Gasteiger partial charge < -0.3 is 0 Å². The molecule has 0 atom stereocenters. The fourth-order valence-corrected chi connectivity index (χ4v) is 0.733. The second kappa shape index (κ2) is 3.85. The first-order valence-corrected chi connectivity index (χ1v) is 4.51. The molecule has 4 heteroatoms. The van der Waals surface area contributed by atoms with Crippen molar-refractivity contribution < 1.29 is 12.6 Å². The molecule has 0 bridgehead atoms. The number of unbranched alkanes of at least 4 members (excludes halogenated alkanes) is 1. The molecule has 0 aromatic carbocycles. The highest BCUT2D eigenvalue weighted by Crippen LogP contribution is 1.91. The van der Waals surface area contributed by atoms with Gasteiger partial charge in [-0.1, -0.05) is 13.3 Å². The van der Waals surface area contributed by atoms with Crippen molar-refractivity contribution in [3.05, 3.63) is 6.92 Å². The zero-order chi connectivity index (χ0) is 7.33. The fraction of sp³-hybridized carbons (Fsp3) is 0.800. The van der Waals surface area contributed by atoms with Crippen LogP contribution in [0.3, 0.4) is 0 Å². The number of rotatable bonds is 4. The van der Waals surface area contributed by atoms with E-state index in [4.69, 9.17) is 0 Å². The molecular weight excluding hydrogens is 140 g/mol. The van der Waals surface area contributed by atoms with E-state index in [1.807, 2.05) is 0 Å². The van der Waals surface area contributed by atoms with Crippen molar-refractivity contribution >= 4 is 10.1 Å². The first kappa shape index (κ1) is 8.91. The third-order valence-electron chi connectivity index (χ3n) is 0.692. The Morgan fingerprint density at radius 1 is 1.56 bits per heavy atom. The van der Waals surface area contributed by atoms with Gasteiger partial charge in [0, 0.05) is 0 Å². The van der Waals surface area contributed by atoms with Gasteiger partial charge >= 0.3 is 0 Å². The standard InChI is InChI=1S/C5H11O3S/c1-3-4-5-8-9(2,6)7/h1,3-5H2,2H3. The number of hydrogen-bond acceptors (Lipinski definition) is 3. The topological polar surface area (TPSA) is 43.4 Å². The lowest BCUT2D eigenvalue weighted by Crippen LogP contribution is -2.03. The highest BCUT2D eigenvalue weighted by molar-refractivity contribution is 7.85. The van der Waals surface area contributed by atoms with E-state index >= 15 is 0 Å². The van der Waals surface area contributed by atoms with Crippen molar-refractivity contribution in [1.82, 2.24) is 0 Å². The minimum Gasteiger partial charge on any atom is -0.270 e. The van der Waals surface area contributed by atoms with Gasteiger partial charge in [-0.05, 0) is 6.42 Å². The van der Waals surface area contributed by atoms with Crippen LogP contribution in [0.4, 0.5) is 0 Å². The minimum absolute atomic E-state index is 0.252. The summed E-state index contributed by atoms with van der Waals surface area (Å²) >= 11 is 0. The smallest absolute Gasteiger partial charge is 0.264 e. The van der Waals surface area contributed by atoms with Crippen LogP contribution >= 0.6 is 0 Å². The minimum atomic E-state index is -3.22. The normalized spacial score (nSPS) is 11.8. The maximum atomic E-state index is 10.3. The molecular formula is C5H11O3S. The van der Waals surface area contributed by atoms with E-state index < -0.39 is 10.1 Å². The van der Waals surface area contributed by atoms with Crippen molar-refractivity contribution in [2.75, 3.05) is 12.9 Å². The summed E-state index contributed by atoms with van der Waals surface area (Å²) in [6.45, 7) is 3.78. The quantitative estimate of drug-likeness (QED) is 0.436. The lowest BCUT2D eigenvalue weighted by Gasteiger charge is -1.96. The van der Waals surface area contributed by atoms with Crippen LogP contribution in [0.5, 0.6) is 0 Å². The predicted molar refractivity (Wildman–Crippen MR) is 35.4 cm³/mol. The zero-order valence-corrected chi connectivity index (χ0v) is 6.28. The molecule has 0 rings (SSSR count). The highest BCUT2D eigenvalue weighted by Gasteiger charge is 1.98. The molecule has 0 saturated carbocycles. The maximum absolute atomic E-state index is 10.3. The van der Waals surface area contributed by atoms with Crippen LogP contribution in [0.25, 0.3) is 0 Å². The molecule has 0 heterocycles. The number of hydrogen-bond donors (Lipinski definition) is 0. The summed E-state index contributed by atoms with van der Waals surface area (Å²) in [6.07, 6.45) is 2.43. The van der Waals surface area contributed by atoms with Crippen molar-refractivity contribution in [2.45, 2.75) is 12.8 Å². The second-order valence-electron chi connectivity index (χ2n) is 1.73. The molecule has 0 amide bonds. The summed E-state index contributed by atoms with van der Waals surface area (Å²) in [5, 5.41) is 0. The van der Waals surface area contributed by atoms with E-state index in [0.717, 1.165) is 6.26 Å². The van der Waals surface area contributed by atoms with Gasteiger partial charge in [-0.3, -0.25) is 4.18 Å². The zero-order valence-electron chi connectivity index (χ0n) is 5.46. The van der Waals surface area contributed by atoms with Crippen LogP contribution in [-0.4, -0.2) is 21.3 Å². The molecule has 3 nitrogen and oxygen atoms in total. The molecule has 0 aromatic rings. The van der Waals surface area contributed by atoms with Crippen molar-refractivity contribution in [3.8, 4) is 0 Å². The molecule has 0 spiro atoms. The summed E-state index contributed by atoms with van der Waals surface area (Å²) in [6, 6.07) is 0. The molecule has 0 fully saturated rings. The summed E-state index contributed by atoms with van der Waals surface area (Å²) in [5.74, 6) is 0. The molecule has 1 radical (unpaired) electrons. The van der Waals surface area contributed by atoms with Gasteiger partial charge in [0.1, 0.15) is 0 Å². The lowest BCUT2D eigenvalue weighted by molar-refractivity contribution is 0.316. The fourth-order valence-electron chi connectivity index (χ4n) is 0.312. The highest BCUT2D eigenvalue weighted by atomic mass is 32.2. The van der Waals surface area contributed by atoms with E-state index in [1.54, 1.807) is 0 Å². The molecule has 0 aliphatic heterocycles. The summed E-state index contributed by atoms with van der Waals surface area (Å²) in [4.78, 5) is 0. The van der Waals surface area contributed by atoms with Gasteiger partial charge in [-0.25, -0.2) is 0 Å². The van der Waals surface area contributed by atoms with Gasteiger partial charge in [0.2, 0.25) is 0 Å². The third kappa shape index (κ3) is 7.91. The summed E-state index contributed by atoms with van der Waals surface area (Å²) in [7, 11) is -3.22. The Kier molecular flexibility index (Phi) is 3.81. The Labute approximate surface area is 56.1 Å². The van der Waals surface area contributed by atoms with Crippen molar-refractivity contribution in [1.29, 1.82) is 0 Å². The van der Waals surface area contributed by atoms with Crippen LogP contribution in [-0.2, 0) is 14.3 Å². The molecule has 0 saturated heterocycles. The summed E-state index contributed by atoms with van der Waals surface area (Å²) in [5.41, 5.74) is 0. The third-order valence-corrected chi connectivity index (χ3v) is 1.29. The van der Waals surface area contributed by atoms with Gasteiger partial charge in [0.25, 0.3) is 10.1 Å². The van der Waals surface area contributed by atoms with Crippen LogP contribution in [0.2, 0.25) is 0 Å². The largest absolute Gasteiger partial charge is 0.270 e. The molecule has 0 aliphatic rings. The Bertz CT molecular complexity index is 148. The predicted octanol–water partition coefficient (Wildman–Crippen LogP) is 0.577. The lowest BCUT2D eigenvalue weighted by atomic mass is 10.4. The molecule has 55 valence electrons. The van der Waals surface area contributed by atoms with E-state index in [2.05, 4.69) is 11.1 Å². The monoisotopic (exact) mass is 151 g/mol. The van der Waals surface area contributed by atoms with Gasteiger partial charge in [-0.2, -0.15) is 8.42 Å². The maximum Gasteiger partial charge on any atom is 0.264 e. The molecule has 0 unspecified atom stereocenters. The van der Waals surface area contributed by atoms with Gasteiger partial charge in [-0.15, -0.1) is 0 Å².